The fraction of sp³-hybridized carbons (Fsp3) is 0.636. The van der Waals surface area contributed by atoms with Gasteiger partial charge in [0.2, 0.25) is 0 Å². The second-order valence-electron chi connectivity index (χ2n) is 19.8. The first-order chi connectivity index (χ1) is 21.8. The van der Waals surface area contributed by atoms with Gasteiger partial charge >= 0.3 is 0 Å². The number of hydrogen-bond donors (Lipinski definition) is 0. The van der Waals surface area contributed by atoms with Gasteiger partial charge in [-0.2, -0.15) is 0 Å². The van der Waals surface area contributed by atoms with Crippen LogP contribution in [0.2, 0.25) is 38.3 Å². The normalized spacial score (nSPS) is 35.0. The molecule has 2 aromatic carbocycles. The Morgan fingerprint density at radius 1 is 0.565 bits per heavy atom. The molecule has 0 N–H and O–H groups in total. The average molecular weight is 647 g/mol. The molecule has 0 unspecified atom stereocenters. The molecule has 8 atom stereocenters. The first kappa shape index (κ1) is 31.6. The maximum atomic E-state index is 2.79. The van der Waals surface area contributed by atoms with E-state index in [0.29, 0.717) is 21.9 Å². The summed E-state index contributed by atoms with van der Waals surface area (Å²) in [7, 11) is -3.01. The summed E-state index contributed by atoms with van der Waals surface area (Å²) < 4.78 is 0. The topological polar surface area (TPSA) is 0 Å². The molecular formula is C44H62Si2. The third-order valence-corrected chi connectivity index (χ3v) is 23.4. The molecule has 4 bridgehead atoms. The van der Waals surface area contributed by atoms with Crippen molar-refractivity contribution in [2.75, 3.05) is 0 Å². The molecule has 0 radical (unpaired) electrons. The Kier molecular flexibility index (Phi) is 7.51. The lowest BCUT2D eigenvalue weighted by atomic mass is 9.46. The number of allylic oxidation sites excluding steroid dienone is 4. The standard InChI is InChI=1S/C44H62Si2/c1-43(2)33-21-19-31(39(43)25-33)27-45(5,6)41-23-29(35-13-9-11-15-37(35)41)17-18-30-24-42(38-16-12-10-14-36(30)38)46(7,8)28-32-20-22-34-26-40(32)44(34,3)4/h9-16,23-24,31-34,39-42H,17-22,25-28H2,1-8H3/t31-,32-,33+,34+,39+,40+,41+,42+/m0/s1. The van der Waals surface area contributed by atoms with Gasteiger partial charge in [-0.25, -0.2) is 0 Å². The summed E-state index contributed by atoms with van der Waals surface area (Å²) in [5.41, 5.74) is 12.3. The van der Waals surface area contributed by atoms with Crippen LogP contribution in [0, 0.1) is 46.3 Å². The summed E-state index contributed by atoms with van der Waals surface area (Å²) in [6.45, 7) is 21.3. The molecule has 0 spiro atoms. The smallest absolute Gasteiger partial charge is 0.0599 e. The zero-order valence-electron chi connectivity index (χ0n) is 30.5. The summed E-state index contributed by atoms with van der Waals surface area (Å²) in [5, 5.41) is 0. The molecule has 0 amide bonds. The molecule has 246 valence electrons. The molecule has 46 heavy (non-hydrogen) atoms. The Morgan fingerprint density at radius 3 is 1.33 bits per heavy atom. The zero-order chi connectivity index (χ0) is 32.2. The Labute approximate surface area is 284 Å². The highest BCUT2D eigenvalue weighted by Gasteiger charge is 2.56. The molecule has 8 aliphatic carbocycles. The lowest BCUT2D eigenvalue weighted by Crippen LogP contribution is -2.54. The van der Waals surface area contributed by atoms with Crippen LogP contribution in [0.15, 0.2) is 60.7 Å². The van der Waals surface area contributed by atoms with E-state index in [2.05, 4.69) is 115 Å². The summed E-state index contributed by atoms with van der Waals surface area (Å²) in [5.74, 6) is 5.88. The van der Waals surface area contributed by atoms with Crippen LogP contribution < -0.4 is 0 Å². The molecule has 0 aromatic heterocycles. The highest BCUT2D eigenvalue weighted by Crippen LogP contribution is 2.64. The van der Waals surface area contributed by atoms with E-state index in [1.54, 1.807) is 33.4 Å². The van der Waals surface area contributed by atoms with Crippen molar-refractivity contribution in [2.45, 2.75) is 128 Å². The lowest BCUT2D eigenvalue weighted by molar-refractivity contribution is -0.0992. The van der Waals surface area contributed by atoms with E-state index < -0.39 is 16.1 Å². The summed E-state index contributed by atoms with van der Waals surface area (Å²) >= 11 is 0. The van der Waals surface area contributed by atoms with E-state index in [1.807, 2.05) is 0 Å². The predicted molar refractivity (Wildman–Crippen MR) is 204 cm³/mol. The second kappa shape index (κ2) is 10.9. The first-order valence-corrected chi connectivity index (χ1v) is 25.9. The summed E-state index contributed by atoms with van der Waals surface area (Å²) in [4.78, 5) is 0. The van der Waals surface area contributed by atoms with Crippen LogP contribution in [0.1, 0.15) is 112 Å². The molecule has 6 saturated carbocycles. The van der Waals surface area contributed by atoms with E-state index in [0.717, 1.165) is 35.5 Å². The van der Waals surface area contributed by atoms with E-state index in [-0.39, 0.29) is 0 Å². The molecule has 8 aliphatic rings. The van der Waals surface area contributed by atoms with E-state index in [4.69, 9.17) is 0 Å². The van der Waals surface area contributed by atoms with E-state index in [9.17, 15) is 0 Å². The quantitative estimate of drug-likeness (QED) is 0.238. The maximum absolute atomic E-state index is 2.79. The molecular weight excluding hydrogens is 585 g/mol. The molecule has 0 saturated heterocycles. The van der Waals surface area contributed by atoms with Crippen LogP contribution in [0.25, 0.3) is 11.1 Å². The first-order valence-electron chi connectivity index (χ1n) is 19.4. The third kappa shape index (κ3) is 4.92. The van der Waals surface area contributed by atoms with Crippen LogP contribution in [-0.4, -0.2) is 16.1 Å². The summed E-state index contributed by atoms with van der Waals surface area (Å²) in [6.07, 6.45) is 17.0. The van der Waals surface area contributed by atoms with E-state index >= 15 is 0 Å². The second-order valence-corrected chi connectivity index (χ2v) is 29.8. The Bertz CT molecular complexity index is 1450. The molecule has 10 rings (SSSR count). The van der Waals surface area contributed by atoms with Gasteiger partial charge in [-0.3, -0.25) is 0 Å². The third-order valence-electron chi connectivity index (χ3n) is 15.9. The van der Waals surface area contributed by atoms with Crippen molar-refractivity contribution in [3.8, 4) is 0 Å². The van der Waals surface area contributed by atoms with Gasteiger partial charge in [-0.1, -0.05) is 139 Å². The molecule has 6 fully saturated rings. The highest BCUT2D eigenvalue weighted by molar-refractivity contribution is 6.80. The zero-order valence-corrected chi connectivity index (χ0v) is 32.5. The van der Waals surface area contributed by atoms with Gasteiger partial charge in [0.25, 0.3) is 0 Å². The SMILES string of the molecule is CC1(C)[C@@H]2CC[C@@H](C[Si](C)(C)[C@@H]3C=C(CCC4=C[C@@H]([Si](C)(C)C[C@@H]5CC[C@@H]6C[C@H]5C6(C)C)c5ccccc54)c4ccccc43)[C@H]1C2. The van der Waals surface area contributed by atoms with Gasteiger partial charge in [0.05, 0.1) is 16.1 Å². The monoisotopic (exact) mass is 646 g/mol. The van der Waals surface area contributed by atoms with Gasteiger partial charge in [0.1, 0.15) is 0 Å². The molecule has 0 aliphatic heterocycles. The minimum absolute atomic E-state index is 0.593. The van der Waals surface area contributed by atoms with Gasteiger partial charge in [-0.05, 0) is 129 Å². The average Bonchev–Trinajstić information content (AvgIpc) is 3.59. The Morgan fingerprint density at radius 2 is 0.957 bits per heavy atom. The van der Waals surface area contributed by atoms with Crippen LogP contribution in [0.3, 0.4) is 0 Å². The van der Waals surface area contributed by atoms with Crippen molar-refractivity contribution in [2.24, 2.45) is 46.3 Å². The van der Waals surface area contributed by atoms with Crippen molar-refractivity contribution < 1.29 is 0 Å². The maximum Gasteiger partial charge on any atom is 0.0599 e. The molecule has 2 aromatic rings. The highest BCUT2D eigenvalue weighted by atomic mass is 28.3. The fourth-order valence-corrected chi connectivity index (χ4v) is 20.6. The van der Waals surface area contributed by atoms with Gasteiger partial charge < -0.3 is 0 Å². The minimum atomic E-state index is -1.50. The van der Waals surface area contributed by atoms with Crippen molar-refractivity contribution in [3.05, 3.63) is 82.9 Å². The largest absolute Gasteiger partial charge is 0.0759 e. The van der Waals surface area contributed by atoms with Crippen LogP contribution in [0.5, 0.6) is 0 Å². The predicted octanol–water partition coefficient (Wildman–Crippen LogP) is 12.8. The lowest BCUT2D eigenvalue weighted by Gasteiger charge is -2.61. The minimum Gasteiger partial charge on any atom is -0.0759 e. The molecule has 0 heterocycles. The van der Waals surface area contributed by atoms with E-state index in [1.165, 1.54) is 63.5 Å². The Hall–Kier alpha value is -1.65. The number of hydrogen-bond acceptors (Lipinski definition) is 0. The number of fused-ring (bicyclic) bond motifs is 6. The van der Waals surface area contributed by atoms with Crippen molar-refractivity contribution in [3.63, 3.8) is 0 Å². The van der Waals surface area contributed by atoms with Crippen LogP contribution in [-0.2, 0) is 0 Å². The fourth-order valence-electron chi connectivity index (χ4n) is 12.9. The number of benzene rings is 2. The van der Waals surface area contributed by atoms with Gasteiger partial charge in [-0.15, -0.1) is 0 Å². The van der Waals surface area contributed by atoms with Crippen LogP contribution in [0.4, 0.5) is 0 Å². The molecule has 2 heteroatoms. The van der Waals surface area contributed by atoms with Crippen molar-refractivity contribution in [1.29, 1.82) is 0 Å². The van der Waals surface area contributed by atoms with Gasteiger partial charge in [0, 0.05) is 0 Å². The van der Waals surface area contributed by atoms with Crippen molar-refractivity contribution >= 4 is 27.3 Å². The van der Waals surface area contributed by atoms with Crippen molar-refractivity contribution in [1.82, 2.24) is 0 Å². The Balaban J connectivity index is 1.01. The molecule has 0 nitrogen and oxygen atoms in total. The summed E-state index contributed by atoms with van der Waals surface area (Å²) in [6, 6.07) is 22.2. The van der Waals surface area contributed by atoms with Crippen LogP contribution >= 0.6 is 0 Å². The number of rotatable bonds is 9. The van der Waals surface area contributed by atoms with Gasteiger partial charge in [0.15, 0.2) is 0 Å².